The van der Waals surface area contributed by atoms with Crippen molar-refractivity contribution in [1.29, 1.82) is 0 Å². The number of aromatic nitrogens is 2. The van der Waals surface area contributed by atoms with Crippen LogP contribution in [0.15, 0.2) is 6.33 Å². The Labute approximate surface area is 106 Å². The van der Waals surface area contributed by atoms with Crippen LogP contribution >= 0.6 is 0 Å². The van der Waals surface area contributed by atoms with E-state index in [-0.39, 0.29) is 5.88 Å². The third-order valence-corrected chi connectivity index (χ3v) is 2.30. The van der Waals surface area contributed by atoms with Gasteiger partial charge in [0.25, 0.3) is 0 Å². The average molecular weight is 285 g/mol. The van der Waals surface area contributed by atoms with Crippen LogP contribution in [-0.2, 0) is 6.42 Å². The van der Waals surface area contributed by atoms with Crippen molar-refractivity contribution in [2.45, 2.75) is 25.4 Å². The smallest absolute Gasteiger partial charge is 0.456 e. The molecule has 0 radical (unpaired) electrons. The fourth-order valence-electron chi connectivity index (χ4n) is 1.30. The molecule has 0 bridgehead atoms. The van der Waals surface area contributed by atoms with Gasteiger partial charge < -0.3 is 10.1 Å². The Morgan fingerprint density at radius 2 is 1.84 bits per heavy atom. The first-order valence-corrected chi connectivity index (χ1v) is 5.32. The van der Waals surface area contributed by atoms with E-state index in [9.17, 15) is 22.0 Å². The second-order valence-electron chi connectivity index (χ2n) is 3.60. The minimum atomic E-state index is -5.65. The lowest BCUT2D eigenvalue weighted by Crippen LogP contribution is -2.42. The molecular formula is C10H12F5N3O. The van der Waals surface area contributed by atoms with Crippen LogP contribution in [0.1, 0.15) is 12.5 Å². The molecule has 0 aromatic carbocycles. The fourth-order valence-corrected chi connectivity index (χ4v) is 1.30. The van der Waals surface area contributed by atoms with Crippen LogP contribution in [0.25, 0.3) is 0 Å². The molecule has 9 heteroatoms. The molecule has 0 unspecified atom stereocenters. The highest BCUT2D eigenvalue weighted by atomic mass is 19.4. The molecule has 0 amide bonds. The Morgan fingerprint density at radius 3 is 2.32 bits per heavy atom. The summed E-state index contributed by atoms with van der Waals surface area (Å²) in [5.74, 6) is -4.89. The van der Waals surface area contributed by atoms with Crippen LogP contribution in [0, 0.1) is 0 Å². The maximum atomic E-state index is 12.7. The van der Waals surface area contributed by atoms with E-state index >= 15 is 0 Å². The Morgan fingerprint density at radius 1 is 1.21 bits per heavy atom. The van der Waals surface area contributed by atoms with Crippen molar-refractivity contribution in [2.24, 2.45) is 0 Å². The standard InChI is InChI=1S/C10H12F5N3O/c1-3-6-7(16-2)17-5-18-8(6)19-4-9(11,12)10(13,14)15/h5H,3-4H2,1-2H3,(H,16,17,18). The summed E-state index contributed by atoms with van der Waals surface area (Å²) in [5.41, 5.74) is 0.336. The third kappa shape index (κ3) is 3.42. The van der Waals surface area contributed by atoms with Crippen molar-refractivity contribution >= 4 is 5.82 Å². The predicted octanol–water partition coefficient (Wildman–Crippen LogP) is 2.66. The quantitative estimate of drug-likeness (QED) is 0.845. The highest BCUT2D eigenvalue weighted by Crippen LogP contribution is 2.36. The first kappa shape index (κ1) is 15.4. The lowest BCUT2D eigenvalue weighted by Gasteiger charge is -2.20. The number of alkyl halides is 5. The van der Waals surface area contributed by atoms with E-state index in [0.29, 0.717) is 17.8 Å². The maximum absolute atomic E-state index is 12.7. The second kappa shape index (κ2) is 5.54. The Hall–Kier alpha value is -1.67. The summed E-state index contributed by atoms with van der Waals surface area (Å²) in [7, 11) is 1.54. The predicted molar refractivity (Wildman–Crippen MR) is 57.5 cm³/mol. The summed E-state index contributed by atoms with van der Waals surface area (Å²) in [5, 5.41) is 2.67. The lowest BCUT2D eigenvalue weighted by molar-refractivity contribution is -0.290. The summed E-state index contributed by atoms with van der Waals surface area (Å²) in [6, 6.07) is 0. The zero-order chi connectivity index (χ0) is 14.7. The lowest BCUT2D eigenvalue weighted by atomic mass is 10.2. The van der Waals surface area contributed by atoms with Crippen LogP contribution in [0.4, 0.5) is 27.8 Å². The molecule has 0 aliphatic heterocycles. The Balaban J connectivity index is 2.90. The van der Waals surface area contributed by atoms with E-state index < -0.39 is 18.7 Å². The number of ether oxygens (including phenoxy) is 1. The molecule has 0 aliphatic carbocycles. The molecule has 0 saturated carbocycles. The molecule has 0 saturated heterocycles. The summed E-state index contributed by atoms with van der Waals surface area (Å²) < 4.78 is 65.9. The SMILES string of the molecule is CCc1c(NC)ncnc1OCC(F)(F)C(F)(F)F. The maximum Gasteiger partial charge on any atom is 0.456 e. The highest BCUT2D eigenvalue weighted by molar-refractivity contribution is 5.48. The summed E-state index contributed by atoms with van der Waals surface area (Å²) in [4.78, 5) is 7.38. The minimum Gasteiger partial charge on any atom is -0.471 e. The van der Waals surface area contributed by atoms with Crippen LogP contribution < -0.4 is 10.1 Å². The van der Waals surface area contributed by atoms with E-state index in [1.165, 1.54) is 7.05 Å². The number of hydrogen-bond acceptors (Lipinski definition) is 4. The molecule has 19 heavy (non-hydrogen) atoms. The molecule has 1 aromatic heterocycles. The first-order valence-electron chi connectivity index (χ1n) is 5.32. The zero-order valence-electron chi connectivity index (χ0n) is 10.2. The fraction of sp³-hybridized carbons (Fsp3) is 0.600. The van der Waals surface area contributed by atoms with Gasteiger partial charge in [0.2, 0.25) is 5.88 Å². The Kier molecular flexibility index (Phi) is 4.48. The van der Waals surface area contributed by atoms with Gasteiger partial charge in [-0.25, -0.2) is 9.97 Å². The number of nitrogens with one attached hydrogen (secondary N) is 1. The van der Waals surface area contributed by atoms with Gasteiger partial charge in [0.15, 0.2) is 6.61 Å². The van der Waals surface area contributed by atoms with Crippen LogP contribution in [0.3, 0.4) is 0 Å². The molecule has 1 heterocycles. The topological polar surface area (TPSA) is 47.0 Å². The van der Waals surface area contributed by atoms with E-state index in [1.807, 2.05) is 0 Å². The molecule has 108 valence electrons. The zero-order valence-corrected chi connectivity index (χ0v) is 10.2. The number of hydrogen-bond donors (Lipinski definition) is 1. The number of rotatable bonds is 5. The van der Waals surface area contributed by atoms with E-state index in [2.05, 4.69) is 20.0 Å². The summed E-state index contributed by atoms with van der Waals surface area (Å²) in [6.45, 7) is -0.141. The average Bonchev–Trinajstić information content (AvgIpc) is 2.34. The van der Waals surface area contributed by atoms with Gasteiger partial charge >= 0.3 is 12.1 Å². The van der Waals surface area contributed by atoms with Crippen molar-refractivity contribution in [1.82, 2.24) is 9.97 Å². The van der Waals surface area contributed by atoms with Gasteiger partial charge in [0.05, 0.1) is 5.56 Å². The largest absolute Gasteiger partial charge is 0.471 e. The molecule has 1 aromatic rings. The van der Waals surface area contributed by atoms with Gasteiger partial charge in [-0.15, -0.1) is 0 Å². The molecule has 0 fully saturated rings. The molecule has 0 spiro atoms. The summed E-state index contributed by atoms with van der Waals surface area (Å²) >= 11 is 0. The van der Waals surface area contributed by atoms with Crippen molar-refractivity contribution in [3.63, 3.8) is 0 Å². The van der Waals surface area contributed by atoms with Crippen molar-refractivity contribution in [2.75, 3.05) is 19.0 Å². The molecule has 1 rings (SSSR count). The van der Waals surface area contributed by atoms with Gasteiger partial charge in [-0.2, -0.15) is 22.0 Å². The van der Waals surface area contributed by atoms with Crippen molar-refractivity contribution in [3.8, 4) is 5.88 Å². The van der Waals surface area contributed by atoms with Crippen LogP contribution in [-0.4, -0.2) is 35.7 Å². The number of halogens is 5. The van der Waals surface area contributed by atoms with Crippen LogP contribution in [0.2, 0.25) is 0 Å². The normalized spacial score (nSPS) is 12.4. The second-order valence-corrected chi connectivity index (χ2v) is 3.60. The molecule has 0 atom stereocenters. The van der Waals surface area contributed by atoms with Gasteiger partial charge in [0, 0.05) is 7.05 Å². The number of anilines is 1. The molecular weight excluding hydrogens is 273 g/mol. The molecule has 0 aliphatic rings. The molecule has 4 nitrogen and oxygen atoms in total. The van der Waals surface area contributed by atoms with Gasteiger partial charge in [-0.05, 0) is 6.42 Å². The number of nitrogens with zero attached hydrogens (tertiary/aromatic N) is 2. The summed E-state index contributed by atoms with van der Waals surface area (Å²) in [6.07, 6.45) is -4.31. The van der Waals surface area contributed by atoms with Crippen molar-refractivity contribution < 1.29 is 26.7 Å². The van der Waals surface area contributed by atoms with E-state index in [4.69, 9.17) is 0 Å². The van der Waals surface area contributed by atoms with E-state index in [1.54, 1.807) is 6.92 Å². The van der Waals surface area contributed by atoms with Crippen LogP contribution in [0.5, 0.6) is 5.88 Å². The minimum absolute atomic E-state index is 0.286. The molecule has 1 N–H and O–H groups in total. The monoisotopic (exact) mass is 285 g/mol. The van der Waals surface area contributed by atoms with Gasteiger partial charge in [0.1, 0.15) is 12.1 Å². The van der Waals surface area contributed by atoms with Gasteiger partial charge in [-0.1, -0.05) is 6.92 Å². The van der Waals surface area contributed by atoms with E-state index in [0.717, 1.165) is 6.33 Å². The Bertz CT molecular complexity index is 436. The van der Waals surface area contributed by atoms with Gasteiger partial charge in [-0.3, -0.25) is 0 Å². The highest BCUT2D eigenvalue weighted by Gasteiger charge is 2.58. The first-order chi connectivity index (χ1) is 8.73. The third-order valence-electron chi connectivity index (χ3n) is 2.30. The van der Waals surface area contributed by atoms with Crippen molar-refractivity contribution in [3.05, 3.63) is 11.9 Å².